The van der Waals surface area contributed by atoms with Gasteiger partial charge in [0.1, 0.15) is 16.7 Å². The van der Waals surface area contributed by atoms with Gasteiger partial charge in [-0.3, -0.25) is 14.5 Å². The molecular formula is C27H22BrN3O2S. The fraction of sp³-hybridized carbons (Fsp3) is 0.148. The summed E-state index contributed by atoms with van der Waals surface area (Å²) in [6.07, 6.45) is 0.503. The van der Waals surface area contributed by atoms with Crippen LogP contribution in [0.25, 0.3) is 0 Å². The van der Waals surface area contributed by atoms with Crippen molar-refractivity contribution in [1.82, 2.24) is 0 Å². The zero-order valence-electron chi connectivity index (χ0n) is 18.7. The highest BCUT2D eigenvalue weighted by atomic mass is 79.9. The van der Waals surface area contributed by atoms with Crippen LogP contribution >= 0.6 is 27.7 Å². The van der Waals surface area contributed by atoms with E-state index < -0.39 is 11.2 Å². The lowest BCUT2D eigenvalue weighted by atomic mass is 10.1. The van der Waals surface area contributed by atoms with E-state index in [0.717, 1.165) is 21.2 Å². The summed E-state index contributed by atoms with van der Waals surface area (Å²) in [4.78, 5) is 28.1. The van der Waals surface area contributed by atoms with Crippen molar-refractivity contribution < 1.29 is 9.59 Å². The Morgan fingerprint density at radius 2 is 1.59 bits per heavy atom. The molecule has 1 saturated heterocycles. The molecule has 0 spiro atoms. The highest BCUT2D eigenvalue weighted by Crippen LogP contribution is 2.42. The third kappa shape index (κ3) is 5.24. The molecule has 1 aliphatic rings. The number of hydrogen-bond donors (Lipinski definition) is 1. The molecule has 5 nitrogen and oxygen atoms in total. The van der Waals surface area contributed by atoms with Crippen LogP contribution < -0.4 is 10.2 Å². The summed E-state index contributed by atoms with van der Waals surface area (Å²) in [6, 6.07) is 24.7. The van der Waals surface area contributed by atoms with Gasteiger partial charge in [-0.1, -0.05) is 75.2 Å². The van der Waals surface area contributed by atoms with Gasteiger partial charge < -0.3 is 5.32 Å². The van der Waals surface area contributed by atoms with Gasteiger partial charge in [-0.05, 0) is 62.2 Å². The van der Waals surface area contributed by atoms with E-state index >= 15 is 0 Å². The minimum absolute atomic E-state index is 0.0896. The molecule has 0 radical (unpaired) electrons. The molecule has 34 heavy (non-hydrogen) atoms. The summed E-state index contributed by atoms with van der Waals surface area (Å²) in [6.45, 7) is 3.98. The third-order valence-electron chi connectivity index (χ3n) is 5.44. The number of nitriles is 1. The summed E-state index contributed by atoms with van der Waals surface area (Å²) in [7, 11) is 0. The largest absolute Gasteiger partial charge is 0.321 e. The summed E-state index contributed by atoms with van der Waals surface area (Å²) in [5, 5.41) is 12.6. The zero-order valence-corrected chi connectivity index (χ0v) is 21.1. The van der Waals surface area contributed by atoms with Gasteiger partial charge in [0.15, 0.2) is 0 Å². The summed E-state index contributed by atoms with van der Waals surface area (Å²) < 4.78 is 0.880. The first-order valence-corrected chi connectivity index (χ1v) is 12.4. The van der Waals surface area contributed by atoms with Crippen molar-refractivity contribution in [3.63, 3.8) is 0 Å². The first kappa shape index (κ1) is 23.8. The van der Waals surface area contributed by atoms with E-state index in [9.17, 15) is 14.9 Å². The molecule has 0 unspecified atom stereocenters. The molecule has 0 saturated carbocycles. The van der Waals surface area contributed by atoms with Gasteiger partial charge in [-0.15, -0.1) is 0 Å². The van der Waals surface area contributed by atoms with Gasteiger partial charge in [0.25, 0.3) is 5.91 Å². The molecule has 1 fully saturated rings. The van der Waals surface area contributed by atoms with Crippen LogP contribution in [0.2, 0.25) is 0 Å². The van der Waals surface area contributed by atoms with Crippen LogP contribution in [0.4, 0.5) is 11.4 Å². The molecule has 1 aliphatic heterocycles. The Hall–Kier alpha value is -3.34. The number of halogens is 1. The monoisotopic (exact) mass is 531 g/mol. The van der Waals surface area contributed by atoms with Gasteiger partial charge in [0.05, 0.1) is 5.25 Å². The molecule has 0 aromatic heterocycles. The van der Waals surface area contributed by atoms with Gasteiger partial charge in [0.2, 0.25) is 5.91 Å². The van der Waals surface area contributed by atoms with Crippen molar-refractivity contribution in [2.75, 3.05) is 10.2 Å². The normalized spacial score (nSPS) is 16.8. The average Bonchev–Trinajstić information content (AvgIpc) is 3.13. The van der Waals surface area contributed by atoms with Gasteiger partial charge >= 0.3 is 0 Å². The van der Waals surface area contributed by atoms with Crippen LogP contribution in [0.5, 0.6) is 0 Å². The van der Waals surface area contributed by atoms with E-state index in [0.29, 0.717) is 22.8 Å². The van der Waals surface area contributed by atoms with Crippen LogP contribution in [0.15, 0.2) is 87.9 Å². The predicted octanol–water partition coefficient (Wildman–Crippen LogP) is 6.13. The highest BCUT2D eigenvalue weighted by Gasteiger charge is 2.40. The molecule has 7 heteroatoms. The minimum atomic E-state index is -0.548. The van der Waals surface area contributed by atoms with Crippen LogP contribution in [-0.4, -0.2) is 17.1 Å². The van der Waals surface area contributed by atoms with Crippen LogP contribution in [-0.2, 0) is 16.0 Å². The average molecular weight is 532 g/mol. The maximum atomic E-state index is 13.5. The van der Waals surface area contributed by atoms with E-state index in [-0.39, 0.29) is 11.5 Å². The third-order valence-corrected chi connectivity index (χ3v) is 7.23. The van der Waals surface area contributed by atoms with E-state index in [2.05, 4.69) is 21.2 Å². The first-order chi connectivity index (χ1) is 16.4. The minimum Gasteiger partial charge on any atom is -0.321 e. The quantitative estimate of drug-likeness (QED) is 0.317. The number of hydrogen-bond acceptors (Lipinski definition) is 4. The lowest BCUT2D eigenvalue weighted by molar-refractivity contribution is -0.117. The molecule has 1 N–H and O–H groups in total. The van der Waals surface area contributed by atoms with Gasteiger partial charge in [0, 0.05) is 15.8 Å². The van der Waals surface area contributed by atoms with Gasteiger partial charge in [-0.2, -0.15) is 5.26 Å². The van der Waals surface area contributed by atoms with Crippen molar-refractivity contribution in [2.24, 2.45) is 0 Å². The Morgan fingerprint density at radius 3 is 2.18 bits per heavy atom. The predicted molar refractivity (Wildman–Crippen MR) is 140 cm³/mol. The molecule has 170 valence electrons. The number of nitrogens with one attached hydrogen (secondary N) is 1. The number of carbonyl (C=O) groups excluding carboxylic acids is 2. The Balaban J connectivity index is 1.71. The van der Waals surface area contributed by atoms with Crippen molar-refractivity contribution >= 4 is 50.9 Å². The maximum Gasteiger partial charge on any atom is 0.269 e. The highest BCUT2D eigenvalue weighted by molar-refractivity contribution is 9.10. The molecule has 1 heterocycles. The standard InChI is InChI=1S/C27H22BrN3O2S/c1-17-3-7-19(8-4-17)15-24-26(33)31(22-13-5-18(2)6-14-22)27(34-24)23(16-29)25(32)30-21-11-9-20(28)10-12-21/h3-14,24H,15H2,1-2H3,(H,30,32)/b27-23-/t24-/m1/s1. The number of anilines is 2. The number of aryl methyl sites for hydroxylation is 2. The molecule has 4 rings (SSSR count). The van der Waals surface area contributed by atoms with E-state index in [1.807, 2.05) is 68.4 Å². The second-order valence-corrected chi connectivity index (χ2v) is 10.2. The zero-order chi connectivity index (χ0) is 24.2. The summed E-state index contributed by atoms with van der Waals surface area (Å²) in [5.41, 5.74) is 4.33. The van der Waals surface area contributed by atoms with Crippen LogP contribution in [0, 0.1) is 25.2 Å². The second kappa shape index (κ2) is 10.3. The van der Waals surface area contributed by atoms with Crippen LogP contribution in [0.1, 0.15) is 16.7 Å². The number of carbonyl (C=O) groups is 2. The summed E-state index contributed by atoms with van der Waals surface area (Å²) >= 11 is 4.63. The Bertz CT molecular complexity index is 1290. The molecule has 3 aromatic carbocycles. The number of nitrogens with zero attached hydrogens (tertiary/aromatic N) is 2. The Kier molecular flexibility index (Phi) is 7.20. The Labute approximate surface area is 211 Å². The first-order valence-electron chi connectivity index (χ1n) is 10.7. The van der Waals surface area contributed by atoms with Crippen molar-refractivity contribution in [3.05, 3.63) is 105 Å². The number of rotatable bonds is 5. The fourth-order valence-electron chi connectivity index (χ4n) is 3.58. The van der Waals surface area contributed by atoms with E-state index in [1.54, 1.807) is 24.3 Å². The topological polar surface area (TPSA) is 73.2 Å². The SMILES string of the molecule is Cc1ccc(C[C@H]2S/C(=C(/C#N)C(=O)Nc3ccc(Br)cc3)N(c3ccc(C)cc3)C2=O)cc1. The fourth-order valence-corrected chi connectivity index (χ4v) is 5.15. The van der Waals surface area contributed by atoms with E-state index in [4.69, 9.17) is 0 Å². The molecule has 3 aromatic rings. The van der Waals surface area contributed by atoms with E-state index in [1.165, 1.54) is 16.7 Å². The smallest absolute Gasteiger partial charge is 0.269 e. The van der Waals surface area contributed by atoms with Crippen molar-refractivity contribution in [1.29, 1.82) is 5.26 Å². The number of amides is 2. The summed E-state index contributed by atoms with van der Waals surface area (Å²) in [5.74, 6) is -0.693. The number of benzene rings is 3. The molecular weight excluding hydrogens is 510 g/mol. The Morgan fingerprint density at radius 1 is 1.00 bits per heavy atom. The lowest BCUT2D eigenvalue weighted by Gasteiger charge is -2.19. The maximum absolute atomic E-state index is 13.5. The molecule has 2 amide bonds. The molecule has 0 bridgehead atoms. The lowest BCUT2D eigenvalue weighted by Crippen LogP contribution is -2.30. The molecule has 1 atom stereocenters. The van der Waals surface area contributed by atoms with Gasteiger partial charge in [-0.25, -0.2) is 0 Å². The second-order valence-electron chi connectivity index (χ2n) is 8.06. The van der Waals surface area contributed by atoms with Crippen molar-refractivity contribution in [3.8, 4) is 6.07 Å². The number of thioether (sulfide) groups is 1. The molecule has 0 aliphatic carbocycles. The van der Waals surface area contributed by atoms with Crippen molar-refractivity contribution in [2.45, 2.75) is 25.5 Å². The van der Waals surface area contributed by atoms with Crippen LogP contribution in [0.3, 0.4) is 0 Å².